The van der Waals surface area contributed by atoms with Crippen LogP contribution in [0.25, 0.3) is 0 Å². The van der Waals surface area contributed by atoms with Crippen LogP contribution in [-0.2, 0) is 25.7 Å². The van der Waals surface area contributed by atoms with Gasteiger partial charge in [-0.15, -0.1) is 0 Å². The van der Waals surface area contributed by atoms with Crippen molar-refractivity contribution in [1.82, 2.24) is 4.72 Å². The molecule has 0 radical (unpaired) electrons. The average molecular weight is 327 g/mol. The fraction of sp³-hybridized carbons (Fsp3) is 0.364. The van der Waals surface area contributed by atoms with Crippen LogP contribution in [0.4, 0.5) is 13.2 Å². The molecule has 0 amide bonds. The minimum atomic E-state index is -4.57. The molecule has 0 fully saturated rings. The van der Waals surface area contributed by atoms with Crippen molar-refractivity contribution in [2.75, 3.05) is 13.7 Å². The molecule has 1 aromatic rings. The Labute approximate surface area is 118 Å². The first-order valence-corrected chi connectivity index (χ1v) is 6.99. The molecular formula is C11H12F3NO5S. The van der Waals surface area contributed by atoms with Crippen molar-refractivity contribution in [3.63, 3.8) is 0 Å². The summed E-state index contributed by atoms with van der Waals surface area (Å²) in [6.45, 7) is -0.546. The number of nitrogens with one attached hydrogen (secondary N) is 1. The van der Waals surface area contributed by atoms with Gasteiger partial charge < -0.3 is 9.84 Å². The zero-order valence-electron chi connectivity index (χ0n) is 10.7. The fourth-order valence-corrected chi connectivity index (χ4v) is 2.40. The summed E-state index contributed by atoms with van der Waals surface area (Å²) in [5.74, 6) is -1.37. The van der Waals surface area contributed by atoms with Gasteiger partial charge in [-0.25, -0.2) is 17.9 Å². The first-order valence-electron chi connectivity index (χ1n) is 5.50. The van der Waals surface area contributed by atoms with Crippen LogP contribution in [0.1, 0.15) is 5.56 Å². The van der Waals surface area contributed by atoms with Crippen LogP contribution < -0.4 is 4.72 Å². The number of alkyl halides is 3. The number of sulfonamides is 1. The molecule has 0 aliphatic rings. The molecule has 1 atom stereocenters. The van der Waals surface area contributed by atoms with E-state index in [4.69, 9.17) is 5.11 Å². The van der Waals surface area contributed by atoms with Crippen molar-refractivity contribution in [1.29, 1.82) is 0 Å². The Morgan fingerprint density at radius 2 is 1.86 bits per heavy atom. The highest BCUT2D eigenvalue weighted by molar-refractivity contribution is 7.89. The van der Waals surface area contributed by atoms with Crippen molar-refractivity contribution < 1.29 is 36.2 Å². The lowest BCUT2D eigenvalue weighted by molar-refractivity contribution is -0.147. The molecule has 1 rings (SSSR count). The smallest absolute Gasteiger partial charge is 0.416 e. The van der Waals surface area contributed by atoms with Crippen molar-refractivity contribution in [2.45, 2.75) is 17.2 Å². The fourth-order valence-electron chi connectivity index (χ4n) is 1.36. The Bertz CT molecular complexity index is 597. The summed E-state index contributed by atoms with van der Waals surface area (Å²) in [5, 5.41) is 8.68. The standard InChI is InChI=1S/C11H12F3NO5S/c1-20-9(10(16)17)6-15-21(18,19)8-4-2-7(3-5-8)11(12,13)14/h2-5,9,15H,6H2,1H3,(H,16,17). The predicted octanol–water partition coefficient (Wildman–Crippen LogP) is 1.08. The molecule has 0 aliphatic heterocycles. The SMILES string of the molecule is COC(CNS(=O)(=O)c1ccc(C(F)(F)F)cc1)C(=O)O. The quantitative estimate of drug-likeness (QED) is 0.816. The molecule has 10 heteroatoms. The first-order chi connectivity index (χ1) is 9.58. The molecule has 0 spiro atoms. The van der Waals surface area contributed by atoms with Crippen LogP contribution in [0, 0.1) is 0 Å². The molecule has 0 aromatic heterocycles. The Hall–Kier alpha value is -1.65. The van der Waals surface area contributed by atoms with Crippen LogP contribution >= 0.6 is 0 Å². The molecule has 21 heavy (non-hydrogen) atoms. The highest BCUT2D eigenvalue weighted by Gasteiger charge is 2.30. The second kappa shape index (κ2) is 6.41. The third-order valence-corrected chi connectivity index (χ3v) is 3.95. The van der Waals surface area contributed by atoms with E-state index >= 15 is 0 Å². The molecule has 0 aliphatic carbocycles. The van der Waals surface area contributed by atoms with Crippen LogP contribution in [0.3, 0.4) is 0 Å². The number of hydrogen-bond acceptors (Lipinski definition) is 4. The molecule has 118 valence electrons. The zero-order chi connectivity index (χ0) is 16.3. The van der Waals surface area contributed by atoms with Gasteiger partial charge in [0.05, 0.1) is 10.5 Å². The number of carboxylic acids is 1. The highest BCUT2D eigenvalue weighted by atomic mass is 32.2. The van der Waals surface area contributed by atoms with Gasteiger partial charge in [0.1, 0.15) is 0 Å². The third-order valence-electron chi connectivity index (χ3n) is 2.51. The number of methoxy groups -OCH3 is 1. The topological polar surface area (TPSA) is 92.7 Å². The van der Waals surface area contributed by atoms with Gasteiger partial charge in [0.25, 0.3) is 0 Å². The number of halogens is 3. The highest BCUT2D eigenvalue weighted by Crippen LogP contribution is 2.29. The third kappa shape index (κ3) is 4.69. The van der Waals surface area contributed by atoms with Gasteiger partial charge in [-0.2, -0.15) is 13.2 Å². The Morgan fingerprint density at radius 1 is 1.33 bits per heavy atom. The summed E-state index contributed by atoms with van der Waals surface area (Å²) in [6, 6.07) is 2.82. The molecule has 1 unspecified atom stereocenters. The van der Waals surface area contributed by atoms with E-state index in [2.05, 4.69) is 4.74 Å². The minimum absolute atomic E-state index is 0.407. The van der Waals surface area contributed by atoms with Crippen LogP contribution in [0.15, 0.2) is 29.2 Å². The maximum Gasteiger partial charge on any atom is 0.416 e. The minimum Gasteiger partial charge on any atom is -0.479 e. The average Bonchev–Trinajstić information content (AvgIpc) is 2.38. The molecule has 6 nitrogen and oxygen atoms in total. The van der Waals surface area contributed by atoms with E-state index in [0.29, 0.717) is 12.1 Å². The van der Waals surface area contributed by atoms with Crippen molar-refractivity contribution in [2.24, 2.45) is 0 Å². The summed E-state index contributed by atoms with van der Waals surface area (Å²) in [5.41, 5.74) is -0.984. The lowest BCUT2D eigenvalue weighted by Crippen LogP contribution is -2.37. The number of carboxylic acid groups (broad SMARTS) is 1. The van der Waals surface area contributed by atoms with E-state index in [1.165, 1.54) is 0 Å². The summed E-state index contributed by atoms with van der Waals surface area (Å²) in [4.78, 5) is 10.2. The van der Waals surface area contributed by atoms with Crippen molar-refractivity contribution >= 4 is 16.0 Å². The normalized spacial score (nSPS) is 13.9. The van der Waals surface area contributed by atoms with Crippen LogP contribution in [0.2, 0.25) is 0 Å². The second-order valence-electron chi connectivity index (χ2n) is 3.94. The summed E-state index contributed by atoms with van der Waals surface area (Å²) in [7, 11) is -3.03. The maximum atomic E-state index is 12.4. The van der Waals surface area contributed by atoms with Gasteiger partial charge >= 0.3 is 12.1 Å². The van der Waals surface area contributed by atoms with E-state index in [-0.39, 0.29) is 0 Å². The van der Waals surface area contributed by atoms with Crippen LogP contribution in [-0.4, -0.2) is 39.3 Å². The number of rotatable bonds is 6. The molecule has 1 aromatic carbocycles. The summed E-state index contributed by atoms with van der Waals surface area (Å²) >= 11 is 0. The monoisotopic (exact) mass is 327 g/mol. The van der Waals surface area contributed by atoms with Crippen LogP contribution in [0.5, 0.6) is 0 Å². The molecule has 2 N–H and O–H groups in total. The maximum absolute atomic E-state index is 12.4. The van der Waals surface area contributed by atoms with E-state index < -0.39 is 45.3 Å². The van der Waals surface area contributed by atoms with E-state index in [1.807, 2.05) is 4.72 Å². The number of aliphatic carboxylic acids is 1. The molecular weight excluding hydrogens is 315 g/mol. The number of ether oxygens (including phenoxy) is 1. The summed E-state index contributed by atoms with van der Waals surface area (Å²) in [6.07, 6.45) is -5.96. The molecule has 0 saturated carbocycles. The molecule has 0 saturated heterocycles. The van der Waals surface area contributed by atoms with Gasteiger partial charge in [0.2, 0.25) is 10.0 Å². The van der Waals surface area contributed by atoms with Gasteiger partial charge in [0.15, 0.2) is 6.10 Å². The van der Waals surface area contributed by atoms with Crippen molar-refractivity contribution in [3.05, 3.63) is 29.8 Å². The number of benzene rings is 1. The zero-order valence-corrected chi connectivity index (χ0v) is 11.5. The van der Waals surface area contributed by atoms with Gasteiger partial charge in [-0.3, -0.25) is 0 Å². The number of hydrogen-bond donors (Lipinski definition) is 2. The Kier molecular flexibility index (Phi) is 5.31. The van der Waals surface area contributed by atoms with E-state index in [0.717, 1.165) is 19.2 Å². The number of carbonyl (C=O) groups is 1. The first kappa shape index (κ1) is 17.4. The van der Waals surface area contributed by atoms with Gasteiger partial charge in [-0.1, -0.05) is 0 Å². The molecule has 0 bridgehead atoms. The Balaban J connectivity index is 2.86. The Morgan fingerprint density at radius 3 is 2.24 bits per heavy atom. The largest absolute Gasteiger partial charge is 0.479 e. The van der Waals surface area contributed by atoms with Crippen molar-refractivity contribution in [3.8, 4) is 0 Å². The van der Waals surface area contributed by atoms with Gasteiger partial charge in [-0.05, 0) is 24.3 Å². The molecule has 0 heterocycles. The van der Waals surface area contributed by atoms with Gasteiger partial charge in [0, 0.05) is 13.7 Å². The predicted molar refractivity (Wildman–Crippen MR) is 65.1 cm³/mol. The second-order valence-corrected chi connectivity index (χ2v) is 5.70. The van der Waals surface area contributed by atoms with E-state index in [1.54, 1.807) is 0 Å². The van der Waals surface area contributed by atoms with E-state index in [9.17, 15) is 26.4 Å². The lowest BCUT2D eigenvalue weighted by atomic mass is 10.2. The summed E-state index contributed by atoms with van der Waals surface area (Å²) < 4.78 is 67.1. The lowest BCUT2D eigenvalue weighted by Gasteiger charge is -2.12.